The lowest BCUT2D eigenvalue weighted by Crippen LogP contribution is -2.17. The smallest absolute Gasteiger partial charge is 0.259 e. The Morgan fingerprint density at radius 3 is 1.69 bits per heavy atom. The molecule has 2 N–H and O–H groups in total. The highest BCUT2D eigenvalue weighted by Gasteiger charge is 2.17. The van der Waals surface area contributed by atoms with Gasteiger partial charge in [-0.15, -0.1) is 0 Å². The lowest BCUT2D eigenvalue weighted by atomic mass is 10.1. The summed E-state index contributed by atoms with van der Waals surface area (Å²) < 4.78 is 5.28. The minimum absolute atomic E-state index is 0.113. The van der Waals surface area contributed by atoms with Gasteiger partial charge in [-0.2, -0.15) is 0 Å². The van der Waals surface area contributed by atoms with Crippen molar-refractivity contribution in [3.05, 3.63) is 89.0 Å². The van der Waals surface area contributed by atoms with Crippen molar-refractivity contribution in [1.29, 1.82) is 0 Å². The minimum atomic E-state index is -0.490. The Morgan fingerprint density at radius 2 is 1.19 bits per heavy atom. The van der Waals surface area contributed by atoms with Crippen molar-refractivity contribution in [2.75, 3.05) is 17.7 Å². The van der Waals surface area contributed by atoms with E-state index in [1.165, 1.54) is 39.2 Å². The van der Waals surface area contributed by atoms with Crippen molar-refractivity contribution in [2.24, 2.45) is 0 Å². The van der Waals surface area contributed by atoms with Crippen LogP contribution in [0.15, 0.2) is 66.7 Å². The number of ketones is 2. The van der Waals surface area contributed by atoms with E-state index < -0.39 is 11.8 Å². The maximum atomic E-state index is 12.9. The fourth-order valence-electron chi connectivity index (χ4n) is 3.06. The third-order valence-electron chi connectivity index (χ3n) is 4.76. The molecule has 0 radical (unpaired) electrons. The molecule has 7 heteroatoms. The van der Waals surface area contributed by atoms with Crippen molar-refractivity contribution in [3.8, 4) is 5.75 Å². The summed E-state index contributed by atoms with van der Waals surface area (Å²) in [5.74, 6) is -0.873. The van der Waals surface area contributed by atoms with E-state index in [-0.39, 0.29) is 22.7 Å². The normalized spacial score (nSPS) is 10.2. The topological polar surface area (TPSA) is 102 Å². The van der Waals surface area contributed by atoms with Gasteiger partial charge in [0.05, 0.1) is 12.7 Å². The molecular formula is C25H22N2O5. The van der Waals surface area contributed by atoms with E-state index in [1.807, 2.05) is 0 Å². The fraction of sp³-hybridized carbons (Fsp3) is 0.120. The molecular weight excluding hydrogens is 408 g/mol. The average Bonchev–Trinajstić information content (AvgIpc) is 2.78. The highest BCUT2D eigenvalue weighted by atomic mass is 16.5. The SMILES string of the molecule is COc1ccc(C(=O)Nc2cccc(C(C)=O)c2)cc1C(=O)Nc1cccc(C(C)=O)c1. The van der Waals surface area contributed by atoms with Gasteiger partial charge < -0.3 is 15.4 Å². The number of carbonyl (C=O) groups is 4. The van der Waals surface area contributed by atoms with E-state index >= 15 is 0 Å². The number of carbonyl (C=O) groups excluding carboxylic acids is 4. The number of amides is 2. The molecule has 0 unspecified atom stereocenters. The lowest BCUT2D eigenvalue weighted by molar-refractivity contribution is 0.100. The molecule has 0 aromatic heterocycles. The van der Waals surface area contributed by atoms with Crippen molar-refractivity contribution < 1.29 is 23.9 Å². The molecule has 0 heterocycles. The molecule has 2 amide bonds. The molecule has 0 atom stereocenters. The number of Topliss-reactive ketones (excluding diaryl/α,β-unsaturated/α-hetero) is 2. The van der Waals surface area contributed by atoms with Gasteiger partial charge in [0, 0.05) is 28.1 Å². The van der Waals surface area contributed by atoms with Crippen LogP contribution in [0.25, 0.3) is 0 Å². The highest BCUT2D eigenvalue weighted by molar-refractivity contribution is 6.10. The van der Waals surface area contributed by atoms with Gasteiger partial charge in [0.1, 0.15) is 5.75 Å². The molecule has 3 rings (SSSR count). The molecule has 0 bridgehead atoms. The van der Waals surface area contributed by atoms with Crippen LogP contribution >= 0.6 is 0 Å². The first-order chi connectivity index (χ1) is 15.3. The molecule has 0 saturated carbocycles. The number of methoxy groups -OCH3 is 1. The van der Waals surface area contributed by atoms with Crippen LogP contribution in [0.2, 0.25) is 0 Å². The summed E-state index contributed by atoms with van der Waals surface area (Å²) in [7, 11) is 1.43. The van der Waals surface area contributed by atoms with E-state index in [0.717, 1.165) is 0 Å². The summed E-state index contributed by atoms with van der Waals surface area (Å²) in [6.45, 7) is 2.89. The maximum Gasteiger partial charge on any atom is 0.259 e. The largest absolute Gasteiger partial charge is 0.496 e. The van der Waals surface area contributed by atoms with Crippen LogP contribution in [-0.2, 0) is 0 Å². The fourth-order valence-corrected chi connectivity index (χ4v) is 3.06. The van der Waals surface area contributed by atoms with Gasteiger partial charge in [0.2, 0.25) is 0 Å². The first kappa shape index (κ1) is 22.4. The molecule has 0 aliphatic carbocycles. The van der Waals surface area contributed by atoms with E-state index in [4.69, 9.17) is 4.74 Å². The van der Waals surface area contributed by atoms with Crippen molar-refractivity contribution in [3.63, 3.8) is 0 Å². The van der Waals surface area contributed by atoms with Gasteiger partial charge in [0.25, 0.3) is 11.8 Å². The van der Waals surface area contributed by atoms with Crippen LogP contribution in [0.4, 0.5) is 11.4 Å². The van der Waals surface area contributed by atoms with Gasteiger partial charge in [-0.05, 0) is 56.3 Å². The molecule has 162 valence electrons. The number of anilines is 2. The summed E-state index contributed by atoms with van der Waals surface area (Å²) in [6, 6.07) is 17.6. The number of nitrogens with one attached hydrogen (secondary N) is 2. The molecule has 0 saturated heterocycles. The Morgan fingerprint density at radius 1 is 0.656 bits per heavy atom. The summed E-state index contributed by atoms with van der Waals surface area (Å²) in [6.07, 6.45) is 0. The lowest BCUT2D eigenvalue weighted by Gasteiger charge is -2.12. The van der Waals surface area contributed by atoms with Gasteiger partial charge in [-0.25, -0.2) is 0 Å². The van der Waals surface area contributed by atoms with Crippen LogP contribution in [0.3, 0.4) is 0 Å². The number of hydrogen-bond donors (Lipinski definition) is 2. The molecule has 0 spiro atoms. The van der Waals surface area contributed by atoms with Crippen LogP contribution in [0.5, 0.6) is 5.75 Å². The molecule has 3 aromatic rings. The zero-order chi connectivity index (χ0) is 23.3. The molecule has 3 aromatic carbocycles. The Balaban J connectivity index is 1.84. The van der Waals surface area contributed by atoms with E-state index in [1.54, 1.807) is 48.5 Å². The predicted octanol–water partition coefficient (Wildman–Crippen LogP) is 4.61. The van der Waals surface area contributed by atoms with Crippen LogP contribution in [0.1, 0.15) is 55.3 Å². The Labute approximate surface area is 185 Å². The van der Waals surface area contributed by atoms with Crippen LogP contribution in [-0.4, -0.2) is 30.5 Å². The summed E-state index contributed by atoms with van der Waals surface area (Å²) in [5, 5.41) is 5.45. The third-order valence-corrected chi connectivity index (χ3v) is 4.76. The van der Waals surface area contributed by atoms with Crippen molar-refractivity contribution in [1.82, 2.24) is 0 Å². The number of ether oxygens (including phenoxy) is 1. The van der Waals surface area contributed by atoms with Crippen LogP contribution < -0.4 is 15.4 Å². The third kappa shape index (κ3) is 5.26. The number of benzene rings is 3. The Hall–Kier alpha value is -4.26. The zero-order valence-corrected chi connectivity index (χ0v) is 17.9. The molecule has 7 nitrogen and oxygen atoms in total. The van der Waals surface area contributed by atoms with E-state index in [0.29, 0.717) is 28.3 Å². The van der Waals surface area contributed by atoms with E-state index in [9.17, 15) is 19.2 Å². The maximum absolute atomic E-state index is 12.9. The molecule has 0 fully saturated rings. The first-order valence-electron chi connectivity index (χ1n) is 9.81. The quantitative estimate of drug-likeness (QED) is 0.533. The monoisotopic (exact) mass is 430 g/mol. The van der Waals surface area contributed by atoms with Gasteiger partial charge in [-0.1, -0.05) is 24.3 Å². The first-order valence-corrected chi connectivity index (χ1v) is 9.81. The number of hydrogen-bond acceptors (Lipinski definition) is 5. The molecule has 32 heavy (non-hydrogen) atoms. The summed E-state index contributed by atoms with van der Waals surface area (Å²) in [5.41, 5.74) is 2.25. The second-order valence-electron chi connectivity index (χ2n) is 7.10. The average molecular weight is 430 g/mol. The summed E-state index contributed by atoms with van der Waals surface area (Å²) in [4.78, 5) is 48.8. The highest BCUT2D eigenvalue weighted by Crippen LogP contribution is 2.23. The zero-order valence-electron chi connectivity index (χ0n) is 17.9. The second-order valence-corrected chi connectivity index (χ2v) is 7.10. The van der Waals surface area contributed by atoms with Gasteiger partial charge in [-0.3, -0.25) is 19.2 Å². The predicted molar refractivity (Wildman–Crippen MR) is 122 cm³/mol. The van der Waals surface area contributed by atoms with Gasteiger partial charge in [0.15, 0.2) is 11.6 Å². The standard InChI is InChI=1S/C25H22N2O5/c1-15(28)17-6-4-8-20(12-17)26-24(30)19-10-11-23(32-3)22(14-19)25(31)27-21-9-5-7-18(13-21)16(2)29/h4-14H,1-3H3,(H,26,30)(H,27,31). The van der Waals surface area contributed by atoms with E-state index in [2.05, 4.69) is 10.6 Å². The van der Waals surface area contributed by atoms with Gasteiger partial charge >= 0.3 is 0 Å². The Bertz CT molecular complexity index is 1220. The second kappa shape index (κ2) is 9.70. The minimum Gasteiger partial charge on any atom is -0.496 e. The number of rotatable bonds is 7. The summed E-state index contributed by atoms with van der Waals surface area (Å²) >= 11 is 0. The Kier molecular flexibility index (Phi) is 6.80. The van der Waals surface area contributed by atoms with Crippen molar-refractivity contribution in [2.45, 2.75) is 13.8 Å². The molecule has 0 aliphatic rings. The van der Waals surface area contributed by atoms with Crippen LogP contribution in [0, 0.1) is 0 Å². The van der Waals surface area contributed by atoms with Crippen molar-refractivity contribution >= 4 is 34.8 Å². The molecule has 0 aliphatic heterocycles.